The molecule has 0 spiro atoms. The highest BCUT2D eigenvalue weighted by Crippen LogP contribution is 2.76. The number of methoxy groups -OCH3 is 1. The van der Waals surface area contributed by atoms with Gasteiger partial charge in [-0.3, -0.25) is 9.59 Å². The molecule has 0 amide bonds. The third-order valence-corrected chi connectivity index (χ3v) is 12.1. The summed E-state index contributed by atoms with van der Waals surface area (Å²) in [4.78, 5) is 25.5. The predicted molar refractivity (Wildman–Crippen MR) is 133 cm³/mol. The Morgan fingerprint density at radius 2 is 1.59 bits per heavy atom. The normalized spacial score (nSPS) is 48.0. The van der Waals surface area contributed by atoms with Gasteiger partial charge in [-0.1, -0.05) is 33.8 Å². The van der Waals surface area contributed by atoms with Crippen molar-refractivity contribution in [3.63, 3.8) is 0 Å². The van der Waals surface area contributed by atoms with E-state index in [0.29, 0.717) is 11.8 Å². The number of aliphatic hydroxyl groups is 1. The molecule has 7 atom stereocenters. The molecular formula is C30H42O4. The number of rotatable bonds is 1. The summed E-state index contributed by atoms with van der Waals surface area (Å²) in [5.74, 6) is 0.512. The highest BCUT2D eigenvalue weighted by molar-refractivity contribution is 6.06. The standard InChI is InChI=1S/C30H42O4/c1-18-19-8-9-22-28(4,20(19)16-21(31)24(18)32)13-15-30(6)23-17-27(3,25(33)34-7)11-10-26(23,2)12-14-29(22,30)5/h8,16,22-23,32H,9-15,17H2,1-7H3/t22-,23-,26-,27+,28+,29-,30-/m0/s1. The fraction of sp³-hybridized carbons (Fsp3) is 0.733. The van der Waals surface area contributed by atoms with Crippen LogP contribution >= 0.6 is 0 Å². The monoisotopic (exact) mass is 466 g/mol. The van der Waals surface area contributed by atoms with Crippen molar-refractivity contribution >= 4 is 11.8 Å². The highest BCUT2D eigenvalue weighted by Gasteiger charge is 2.68. The maximum atomic E-state index is 12.8. The number of carbonyl (C=O) groups excluding carboxylic acids is 2. The zero-order valence-electron chi connectivity index (χ0n) is 22.1. The fourth-order valence-electron chi connectivity index (χ4n) is 9.52. The van der Waals surface area contributed by atoms with E-state index in [1.807, 2.05) is 6.92 Å². The van der Waals surface area contributed by atoms with Crippen molar-refractivity contribution < 1.29 is 19.4 Å². The summed E-state index contributed by atoms with van der Waals surface area (Å²) in [5.41, 5.74) is 2.97. The van der Waals surface area contributed by atoms with Crippen LogP contribution in [0.2, 0.25) is 0 Å². The highest BCUT2D eigenvalue weighted by atomic mass is 16.5. The van der Waals surface area contributed by atoms with Gasteiger partial charge in [0.25, 0.3) is 0 Å². The average molecular weight is 467 g/mol. The maximum Gasteiger partial charge on any atom is 0.311 e. The number of esters is 1. The molecule has 0 radical (unpaired) electrons. The zero-order valence-corrected chi connectivity index (χ0v) is 22.1. The Morgan fingerprint density at radius 3 is 2.26 bits per heavy atom. The first-order valence-electron chi connectivity index (χ1n) is 13.2. The summed E-state index contributed by atoms with van der Waals surface area (Å²) >= 11 is 0. The van der Waals surface area contributed by atoms with Crippen LogP contribution in [0.25, 0.3) is 0 Å². The maximum absolute atomic E-state index is 12.8. The molecule has 3 fully saturated rings. The van der Waals surface area contributed by atoms with Crippen LogP contribution in [0.4, 0.5) is 0 Å². The van der Waals surface area contributed by atoms with Crippen molar-refractivity contribution in [2.75, 3.05) is 7.11 Å². The average Bonchev–Trinajstić information content (AvgIpc) is 2.80. The molecule has 0 heterocycles. The molecule has 1 N–H and O–H groups in total. The topological polar surface area (TPSA) is 63.6 Å². The summed E-state index contributed by atoms with van der Waals surface area (Å²) in [6, 6.07) is 0. The summed E-state index contributed by atoms with van der Waals surface area (Å²) in [7, 11) is 1.53. The molecule has 5 aliphatic rings. The quantitative estimate of drug-likeness (QED) is 0.429. The summed E-state index contributed by atoms with van der Waals surface area (Å²) < 4.78 is 5.28. The molecule has 4 nitrogen and oxygen atoms in total. The number of fused-ring (bicyclic) bond motifs is 7. The lowest BCUT2D eigenvalue weighted by molar-refractivity contribution is -0.218. The number of ketones is 1. The lowest BCUT2D eigenvalue weighted by atomic mass is 9.32. The van der Waals surface area contributed by atoms with Crippen LogP contribution in [0.1, 0.15) is 92.9 Å². The molecule has 4 heteroatoms. The number of hydrogen-bond acceptors (Lipinski definition) is 4. The van der Waals surface area contributed by atoms with Gasteiger partial charge in [-0.15, -0.1) is 0 Å². The second-order valence-corrected chi connectivity index (χ2v) is 13.5. The molecule has 0 aliphatic heterocycles. The Bertz CT molecular complexity index is 1060. The van der Waals surface area contributed by atoms with Gasteiger partial charge < -0.3 is 9.84 Å². The Labute approximate surface area is 204 Å². The van der Waals surface area contributed by atoms with E-state index in [4.69, 9.17) is 4.74 Å². The van der Waals surface area contributed by atoms with Gasteiger partial charge in [0.05, 0.1) is 12.5 Å². The second-order valence-electron chi connectivity index (χ2n) is 13.5. The Kier molecular flexibility index (Phi) is 4.99. The van der Waals surface area contributed by atoms with Crippen LogP contribution in [0, 0.1) is 38.9 Å². The van der Waals surface area contributed by atoms with Crippen LogP contribution < -0.4 is 0 Å². The van der Waals surface area contributed by atoms with Crippen molar-refractivity contribution in [1.82, 2.24) is 0 Å². The molecule has 5 rings (SSSR count). The van der Waals surface area contributed by atoms with Gasteiger partial charge >= 0.3 is 5.97 Å². The molecule has 0 aromatic carbocycles. The lowest BCUT2D eigenvalue weighted by Crippen LogP contribution is -2.64. The van der Waals surface area contributed by atoms with Gasteiger partial charge in [-0.2, -0.15) is 0 Å². The first kappa shape index (κ1) is 23.9. The van der Waals surface area contributed by atoms with E-state index in [9.17, 15) is 14.7 Å². The second kappa shape index (κ2) is 7.11. The van der Waals surface area contributed by atoms with Crippen LogP contribution in [-0.4, -0.2) is 24.0 Å². The molecule has 0 saturated heterocycles. The van der Waals surface area contributed by atoms with Crippen LogP contribution in [0.5, 0.6) is 0 Å². The van der Waals surface area contributed by atoms with Crippen molar-refractivity contribution in [2.24, 2.45) is 38.9 Å². The van der Waals surface area contributed by atoms with E-state index < -0.39 is 5.41 Å². The first-order valence-corrected chi connectivity index (χ1v) is 13.2. The van der Waals surface area contributed by atoms with Gasteiger partial charge in [0.2, 0.25) is 5.78 Å². The van der Waals surface area contributed by atoms with Gasteiger partial charge in [0.1, 0.15) is 0 Å². The number of aliphatic hydroxyl groups excluding tert-OH is 1. The van der Waals surface area contributed by atoms with Gasteiger partial charge in [-0.05, 0) is 116 Å². The molecule has 34 heavy (non-hydrogen) atoms. The number of hydrogen-bond donors (Lipinski definition) is 1. The summed E-state index contributed by atoms with van der Waals surface area (Å²) in [5, 5.41) is 10.3. The van der Waals surface area contributed by atoms with Crippen LogP contribution in [0.3, 0.4) is 0 Å². The molecule has 186 valence electrons. The summed E-state index contributed by atoms with van der Waals surface area (Å²) in [6.45, 7) is 13.9. The van der Waals surface area contributed by atoms with Gasteiger partial charge in [-0.25, -0.2) is 0 Å². The molecule has 0 unspecified atom stereocenters. The van der Waals surface area contributed by atoms with E-state index in [1.54, 1.807) is 6.08 Å². The van der Waals surface area contributed by atoms with Crippen molar-refractivity contribution in [2.45, 2.75) is 92.9 Å². The van der Waals surface area contributed by atoms with E-state index in [2.05, 4.69) is 40.7 Å². The smallest absolute Gasteiger partial charge is 0.311 e. The minimum Gasteiger partial charge on any atom is -0.504 e. The van der Waals surface area contributed by atoms with Crippen LogP contribution in [-0.2, 0) is 14.3 Å². The van der Waals surface area contributed by atoms with Crippen molar-refractivity contribution in [3.05, 3.63) is 34.6 Å². The van der Waals surface area contributed by atoms with Crippen molar-refractivity contribution in [1.29, 1.82) is 0 Å². The number of carbonyl (C=O) groups is 2. The zero-order chi connectivity index (χ0) is 24.9. The third kappa shape index (κ3) is 2.77. The molecule has 0 bridgehead atoms. The molecule has 0 aromatic rings. The first-order chi connectivity index (χ1) is 15.8. The van der Waals surface area contributed by atoms with E-state index in [0.717, 1.165) is 55.2 Å². The lowest BCUT2D eigenvalue weighted by Gasteiger charge is -2.72. The fourth-order valence-corrected chi connectivity index (χ4v) is 9.52. The molecule has 0 aromatic heterocycles. The molecular weight excluding hydrogens is 424 g/mol. The SMILES string of the molecule is COC(=O)[C@]1(C)CC[C@@]2(C)CC[C@@]3(C)[C@H]4CC=C5C(=CC(=O)C(O)=C5C)[C@@]4(C)CC[C@@]3(C)[C@H]2C1. The Morgan fingerprint density at radius 1 is 0.971 bits per heavy atom. The largest absolute Gasteiger partial charge is 0.504 e. The Hall–Kier alpha value is -1.84. The van der Waals surface area contributed by atoms with Crippen LogP contribution in [0.15, 0.2) is 34.6 Å². The number of ether oxygens (including phenoxy) is 1. The number of allylic oxidation sites excluding steroid dienone is 5. The summed E-state index contributed by atoms with van der Waals surface area (Å²) in [6.07, 6.45) is 12.4. The predicted octanol–water partition coefficient (Wildman–Crippen LogP) is 6.87. The molecule has 5 aliphatic carbocycles. The van der Waals surface area contributed by atoms with E-state index in [-0.39, 0.29) is 39.2 Å². The van der Waals surface area contributed by atoms with Crippen molar-refractivity contribution in [3.8, 4) is 0 Å². The van der Waals surface area contributed by atoms with Gasteiger partial charge in [0.15, 0.2) is 5.76 Å². The molecule has 3 saturated carbocycles. The Balaban J connectivity index is 1.59. The minimum absolute atomic E-state index is 0.0516. The van der Waals surface area contributed by atoms with Gasteiger partial charge in [0, 0.05) is 5.57 Å². The third-order valence-electron chi connectivity index (χ3n) is 12.1. The van der Waals surface area contributed by atoms with E-state index >= 15 is 0 Å². The minimum atomic E-state index is -0.404. The van der Waals surface area contributed by atoms with E-state index in [1.165, 1.54) is 20.0 Å².